The standard InChI is InChI=1S/C22H18ClN3O2/c1-14(28-16-12-10-15(23)11-13-16)22(27)26-18-7-3-2-6-17(18)21-24-19-8-4-5-9-20(19)25-21/h2-14H,1H3,(H,24,25)(H,26,27). The first kappa shape index (κ1) is 18.1. The fraction of sp³-hybridized carbons (Fsp3) is 0.0909. The predicted octanol–water partition coefficient (Wildman–Crippen LogP) is 5.29. The smallest absolute Gasteiger partial charge is 0.265 e. The number of para-hydroxylation sites is 3. The molecule has 1 heterocycles. The van der Waals surface area contributed by atoms with Crippen LogP contribution in [0.4, 0.5) is 5.69 Å². The number of imidazole rings is 1. The van der Waals surface area contributed by atoms with E-state index >= 15 is 0 Å². The number of fused-ring (bicyclic) bond motifs is 1. The largest absolute Gasteiger partial charge is 0.481 e. The normalized spacial score (nSPS) is 11.9. The van der Waals surface area contributed by atoms with Crippen LogP contribution in [0, 0.1) is 0 Å². The molecule has 0 aliphatic rings. The lowest BCUT2D eigenvalue weighted by atomic mass is 10.1. The monoisotopic (exact) mass is 391 g/mol. The highest BCUT2D eigenvalue weighted by Gasteiger charge is 2.17. The minimum absolute atomic E-state index is 0.251. The van der Waals surface area contributed by atoms with Crippen molar-refractivity contribution in [2.24, 2.45) is 0 Å². The van der Waals surface area contributed by atoms with Crippen LogP contribution in [0.15, 0.2) is 72.8 Å². The molecule has 1 amide bonds. The molecule has 4 rings (SSSR count). The molecule has 0 fully saturated rings. The van der Waals surface area contributed by atoms with Crippen molar-refractivity contribution in [3.63, 3.8) is 0 Å². The van der Waals surface area contributed by atoms with E-state index in [1.165, 1.54) is 0 Å². The van der Waals surface area contributed by atoms with E-state index in [1.54, 1.807) is 31.2 Å². The Morgan fingerprint density at radius 3 is 2.54 bits per heavy atom. The van der Waals surface area contributed by atoms with Gasteiger partial charge in [0.1, 0.15) is 11.6 Å². The molecule has 0 aliphatic carbocycles. The summed E-state index contributed by atoms with van der Waals surface area (Å²) in [6, 6.07) is 22.2. The molecule has 0 aliphatic heterocycles. The summed E-state index contributed by atoms with van der Waals surface area (Å²) in [7, 11) is 0. The number of amides is 1. The molecule has 0 bridgehead atoms. The Kier molecular flexibility index (Phi) is 5.00. The van der Waals surface area contributed by atoms with E-state index in [-0.39, 0.29) is 5.91 Å². The quantitative estimate of drug-likeness (QED) is 0.485. The predicted molar refractivity (Wildman–Crippen MR) is 112 cm³/mol. The third-order valence-electron chi connectivity index (χ3n) is 4.33. The van der Waals surface area contributed by atoms with Gasteiger partial charge in [-0.25, -0.2) is 4.98 Å². The van der Waals surface area contributed by atoms with Gasteiger partial charge in [0.05, 0.1) is 16.7 Å². The number of rotatable bonds is 5. The number of carbonyl (C=O) groups is 1. The summed E-state index contributed by atoms with van der Waals surface area (Å²) in [6.45, 7) is 1.70. The van der Waals surface area contributed by atoms with Crippen LogP contribution >= 0.6 is 11.6 Å². The molecule has 2 N–H and O–H groups in total. The van der Waals surface area contributed by atoms with E-state index in [9.17, 15) is 4.79 Å². The second-order valence-electron chi connectivity index (χ2n) is 6.35. The Labute approximate surface area is 167 Å². The lowest BCUT2D eigenvalue weighted by molar-refractivity contribution is -0.122. The molecule has 3 aromatic carbocycles. The molecule has 0 radical (unpaired) electrons. The average Bonchev–Trinajstić information content (AvgIpc) is 3.14. The van der Waals surface area contributed by atoms with Crippen LogP contribution in [0.2, 0.25) is 5.02 Å². The Balaban J connectivity index is 1.54. The molecule has 1 aromatic heterocycles. The van der Waals surface area contributed by atoms with Crippen molar-refractivity contribution >= 4 is 34.2 Å². The van der Waals surface area contributed by atoms with Crippen molar-refractivity contribution in [3.05, 3.63) is 77.8 Å². The highest BCUT2D eigenvalue weighted by Crippen LogP contribution is 2.28. The maximum Gasteiger partial charge on any atom is 0.265 e. The Morgan fingerprint density at radius 2 is 1.75 bits per heavy atom. The van der Waals surface area contributed by atoms with Crippen LogP contribution in [0.1, 0.15) is 6.92 Å². The summed E-state index contributed by atoms with van der Waals surface area (Å²) in [5.41, 5.74) is 3.29. The Hall–Kier alpha value is -3.31. The van der Waals surface area contributed by atoms with Crippen LogP contribution in [0.5, 0.6) is 5.75 Å². The minimum Gasteiger partial charge on any atom is -0.481 e. The van der Waals surface area contributed by atoms with Crippen LogP contribution in [-0.2, 0) is 4.79 Å². The van der Waals surface area contributed by atoms with Gasteiger partial charge in [-0.15, -0.1) is 0 Å². The first-order valence-electron chi connectivity index (χ1n) is 8.87. The fourth-order valence-electron chi connectivity index (χ4n) is 2.88. The maximum atomic E-state index is 12.6. The van der Waals surface area contributed by atoms with E-state index in [4.69, 9.17) is 16.3 Å². The van der Waals surface area contributed by atoms with Gasteiger partial charge in [-0.1, -0.05) is 35.9 Å². The molecular weight excluding hydrogens is 374 g/mol. The zero-order valence-corrected chi connectivity index (χ0v) is 15.9. The average molecular weight is 392 g/mol. The molecule has 0 saturated heterocycles. The van der Waals surface area contributed by atoms with Crippen molar-refractivity contribution in [2.75, 3.05) is 5.32 Å². The Morgan fingerprint density at radius 1 is 1.04 bits per heavy atom. The van der Waals surface area contributed by atoms with Crippen LogP contribution in [0.3, 0.4) is 0 Å². The van der Waals surface area contributed by atoms with Gasteiger partial charge in [0.25, 0.3) is 5.91 Å². The van der Waals surface area contributed by atoms with Crippen LogP contribution in [0.25, 0.3) is 22.4 Å². The van der Waals surface area contributed by atoms with Crippen molar-refractivity contribution in [1.29, 1.82) is 0 Å². The zero-order valence-electron chi connectivity index (χ0n) is 15.1. The number of H-pyrrole nitrogens is 1. The van der Waals surface area contributed by atoms with Gasteiger partial charge in [0.2, 0.25) is 0 Å². The summed E-state index contributed by atoms with van der Waals surface area (Å²) in [4.78, 5) is 20.6. The number of hydrogen-bond acceptors (Lipinski definition) is 3. The highest BCUT2D eigenvalue weighted by atomic mass is 35.5. The molecule has 0 saturated carbocycles. The summed E-state index contributed by atoms with van der Waals surface area (Å²) in [5, 5.41) is 3.55. The van der Waals surface area contributed by atoms with E-state index < -0.39 is 6.10 Å². The van der Waals surface area contributed by atoms with Crippen molar-refractivity contribution in [1.82, 2.24) is 9.97 Å². The number of aromatic nitrogens is 2. The number of ether oxygens (including phenoxy) is 1. The molecule has 5 nitrogen and oxygen atoms in total. The fourth-order valence-corrected chi connectivity index (χ4v) is 3.01. The number of aromatic amines is 1. The summed E-state index contributed by atoms with van der Waals surface area (Å²) >= 11 is 5.88. The van der Waals surface area contributed by atoms with E-state index in [0.29, 0.717) is 22.3 Å². The van der Waals surface area contributed by atoms with E-state index in [1.807, 2.05) is 48.5 Å². The second kappa shape index (κ2) is 7.74. The lowest BCUT2D eigenvalue weighted by Gasteiger charge is -2.16. The molecule has 28 heavy (non-hydrogen) atoms. The number of carbonyl (C=O) groups excluding carboxylic acids is 1. The number of nitrogens with zero attached hydrogens (tertiary/aromatic N) is 1. The van der Waals surface area contributed by atoms with Crippen molar-refractivity contribution in [2.45, 2.75) is 13.0 Å². The number of hydrogen-bond donors (Lipinski definition) is 2. The van der Waals surface area contributed by atoms with E-state index in [0.717, 1.165) is 16.6 Å². The van der Waals surface area contributed by atoms with Gasteiger partial charge < -0.3 is 15.0 Å². The molecule has 1 atom stereocenters. The SMILES string of the molecule is CC(Oc1ccc(Cl)cc1)C(=O)Nc1ccccc1-c1nc2ccccc2[nH]1. The van der Waals surface area contributed by atoms with Crippen molar-refractivity contribution in [3.8, 4) is 17.1 Å². The zero-order chi connectivity index (χ0) is 19.5. The van der Waals surface area contributed by atoms with E-state index in [2.05, 4.69) is 15.3 Å². The molecule has 4 aromatic rings. The minimum atomic E-state index is -0.676. The third kappa shape index (κ3) is 3.85. The van der Waals surface area contributed by atoms with Gasteiger partial charge in [-0.3, -0.25) is 4.79 Å². The van der Waals surface area contributed by atoms with Gasteiger partial charge in [-0.05, 0) is 55.5 Å². The first-order valence-corrected chi connectivity index (χ1v) is 9.25. The number of benzene rings is 3. The maximum absolute atomic E-state index is 12.6. The van der Waals surface area contributed by atoms with Gasteiger partial charge in [0, 0.05) is 10.6 Å². The first-order chi connectivity index (χ1) is 13.6. The molecular formula is C22H18ClN3O2. The third-order valence-corrected chi connectivity index (χ3v) is 4.58. The topological polar surface area (TPSA) is 67.0 Å². The Bertz CT molecular complexity index is 1090. The number of halogens is 1. The van der Waals surface area contributed by atoms with Crippen molar-refractivity contribution < 1.29 is 9.53 Å². The van der Waals surface area contributed by atoms with Gasteiger partial charge in [-0.2, -0.15) is 0 Å². The molecule has 140 valence electrons. The second-order valence-corrected chi connectivity index (χ2v) is 6.79. The number of nitrogens with one attached hydrogen (secondary N) is 2. The molecule has 1 unspecified atom stereocenters. The lowest BCUT2D eigenvalue weighted by Crippen LogP contribution is -2.30. The van der Waals surface area contributed by atoms with Crippen LogP contribution < -0.4 is 10.1 Å². The number of anilines is 1. The van der Waals surface area contributed by atoms with Crippen LogP contribution in [-0.4, -0.2) is 22.0 Å². The highest BCUT2D eigenvalue weighted by molar-refractivity contribution is 6.30. The summed E-state index contributed by atoms with van der Waals surface area (Å²) < 4.78 is 5.70. The van der Waals surface area contributed by atoms with Gasteiger partial charge >= 0.3 is 0 Å². The molecule has 6 heteroatoms. The van der Waals surface area contributed by atoms with Gasteiger partial charge in [0.15, 0.2) is 6.10 Å². The summed E-state index contributed by atoms with van der Waals surface area (Å²) in [5.74, 6) is 1.03. The molecule has 0 spiro atoms. The summed E-state index contributed by atoms with van der Waals surface area (Å²) in [6.07, 6.45) is -0.676.